The Labute approximate surface area is 147 Å². The molecule has 0 saturated carbocycles. The van der Waals surface area contributed by atoms with Gasteiger partial charge in [0.2, 0.25) is 0 Å². The molecular weight excluding hydrogens is 320 g/mol. The second kappa shape index (κ2) is 8.15. The maximum Gasteiger partial charge on any atom is 0.317 e. The van der Waals surface area contributed by atoms with Crippen molar-refractivity contribution >= 4 is 22.5 Å². The molecule has 1 aromatic heterocycles. The van der Waals surface area contributed by atoms with Crippen molar-refractivity contribution in [3.8, 4) is 0 Å². The summed E-state index contributed by atoms with van der Waals surface area (Å²) >= 11 is 1.66. The van der Waals surface area contributed by atoms with Gasteiger partial charge in [0.25, 0.3) is 0 Å². The highest BCUT2D eigenvalue weighted by atomic mass is 32.1. The Kier molecular flexibility index (Phi) is 5.69. The number of amides is 2. The van der Waals surface area contributed by atoms with Crippen LogP contribution in [-0.4, -0.2) is 48.6 Å². The Balaban J connectivity index is 1.48. The number of carbonyl (C=O) groups is 1. The lowest BCUT2D eigenvalue weighted by atomic mass is 10.0. The lowest BCUT2D eigenvalue weighted by molar-refractivity contribution is 0.201. The second-order valence-corrected chi connectivity index (χ2v) is 7.01. The Morgan fingerprint density at radius 1 is 1.25 bits per heavy atom. The van der Waals surface area contributed by atoms with Crippen molar-refractivity contribution in [3.63, 3.8) is 0 Å². The Bertz CT molecular complexity index is 632. The molecule has 0 radical (unpaired) electrons. The van der Waals surface area contributed by atoms with E-state index in [0.717, 1.165) is 37.7 Å². The number of hydrogen-bond acceptors (Lipinski definition) is 4. The summed E-state index contributed by atoms with van der Waals surface area (Å²) in [5, 5.41) is 6.13. The third kappa shape index (κ3) is 4.26. The van der Waals surface area contributed by atoms with Crippen molar-refractivity contribution in [2.75, 3.05) is 37.6 Å². The molecule has 1 unspecified atom stereocenters. The molecule has 5 nitrogen and oxygen atoms in total. The third-order valence-corrected chi connectivity index (χ3v) is 5.23. The summed E-state index contributed by atoms with van der Waals surface area (Å²) in [6, 6.07) is 10.3. The van der Waals surface area contributed by atoms with E-state index in [9.17, 15) is 4.79 Å². The van der Waals surface area contributed by atoms with Gasteiger partial charge in [0.1, 0.15) is 0 Å². The highest BCUT2D eigenvalue weighted by Crippen LogP contribution is 2.19. The molecule has 2 aromatic rings. The number of hydrogen-bond donors (Lipinski definition) is 1. The normalized spacial score (nSPS) is 16.5. The number of thiazole rings is 1. The van der Waals surface area contributed by atoms with E-state index in [2.05, 4.69) is 34.3 Å². The van der Waals surface area contributed by atoms with Crippen molar-refractivity contribution < 1.29 is 4.79 Å². The number of benzene rings is 1. The molecule has 24 heavy (non-hydrogen) atoms. The summed E-state index contributed by atoms with van der Waals surface area (Å²) in [6.45, 7) is 6.14. The van der Waals surface area contributed by atoms with Crippen molar-refractivity contribution in [2.45, 2.75) is 19.3 Å². The summed E-state index contributed by atoms with van der Waals surface area (Å²) < 4.78 is 0. The van der Waals surface area contributed by atoms with E-state index < -0.39 is 0 Å². The van der Waals surface area contributed by atoms with Crippen LogP contribution in [0, 0.1) is 0 Å². The van der Waals surface area contributed by atoms with Crippen molar-refractivity contribution in [2.24, 2.45) is 0 Å². The summed E-state index contributed by atoms with van der Waals surface area (Å²) in [4.78, 5) is 21.0. The molecule has 6 heteroatoms. The Hall–Kier alpha value is -2.08. The van der Waals surface area contributed by atoms with E-state index in [1.54, 1.807) is 11.3 Å². The zero-order valence-corrected chi connectivity index (χ0v) is 14.8. The fourth-order valence-corrected chi connectivity index (χ4v) is 3.63. The number of nitrogens with zero attached hydrogens (tertiary/aromatic N) is 3. The fraction of sp³-hybridized carbons (Fsp3) is 0.444. The standard InChI is InChI=1S/C18H24N4OS/c1-15(16-6-3-2-4-7-16)14-20-17(23)21-9-5-10-22(12-11-21)18-19-8-13-24-18/h2-4,6-8,13,15H,5,9-12,14H2,1H3,(H,20,23). The monoisotopic (exact) mass is 344 g/mol. The molecule has 2 heterocycles. The maximum absolute atomic E-state index is 12.5. The van der Waals surface area contributed by atoms with Crippen LogP contribution < -0.4 is 10.2 Å². The Morgan fingerprint density at radius 2 is 2.08 bits per heavy atom. The largest absolute Gasteiger partial charge is 0.346 e. The third-order valence-electron chi connectivity index (χ3n) is 4.40. The van der Waals surface area contributed by atoms with Gasteiger partial charge >= 0.3 is 6.03 Å². The molecule has 1 aliphatic rings. The molecule has 2 amide bonds. The quantitative estimate of drug-likeness (QED) is 0.927. The van der Waals surface area contributed by atoms with Crippen molar-refractivity contribution in [1.82, 2.24) is 15.2 Å². The number of anilines is 1. The van der Waals surface area contributed by atoms with Gasteiger partial charge in [-0.1, -0.05) is 37.3 Å². The maximum atomic E-state index is 12.5. The second-order valence-electron chi connectivity index (χ2n) is 6.14. The minimum absolute atomic E-state index is 0.0405. The molecule has 1 fully saturated rings. The van der Waals surface area contributed by atoms with Crippen LogP contribution in [0.2, 0.25) is 0 Å². The van der Waals surface area contributed by atoms with E-state index >= 15 is 0 Å². The van der Waals surface area contributed by atoms with Crippen LogP contribution in [0.5, 0.6) is 0 Å². The van der Waals surface area contributed by atoms with E-state index in [0.29, 0.717) is 12.5 Å². The van der Waals surface area contributed by atoms with Crippen LogP contribution in [0.4, 0.5) is 9.93 Å². The zero-order chi connectivity index (χ0) is 16.8. The zero-order valence-electron chi connectivity index (χ0n) is 14.0. The van der Waals surface area contributed by atoms with E-state index in [-0.39, 0.29) is 6.03 Å². The fourth-order valence-electron chi connectivity index (χ4n) is 2.94. The minimum Gasteiger partial charge on any atom is -0.346 e. The lowest BCUT2D eigenvalue weighted by Crippen LogP contribution is -2.43. The smallest absolute Gasteiger partial charge is 0.317 e. The van der Waals surface area contributed by atoms with Crippen LogP contribution >= 0.6 is 11.3 Å². The Morgan fingerprint density at radius 3 is 2.83 bits per heavy atom. The predicted octanol–water partition coefficient (Wildman–Crippen LogP) is 3.17. The molecule has 128 valence electrons. The van der Waals surface area contributed by atoms with Gasteiger partial charge in [-0.25, -0.2) is 9.78 Å². The van der Waals surface area contributed by atoms with Gasteiger partial charge in [0, 0.05) is 44.3 Å². The van der Waals surface area contributed by atoms with Crippen LogP contribution in [-0.2, 0) is 0 Å². The lowest BCUT2D eigenvalue weighted by Gasteiger charge is -2.23. The average molecular weight is 344 g/mol. The summed E-state index contributed by atoms with van der Waals surface area (Å²) in [7, 11) is 0. The molecule has 1 N–H and O–H groups in total. The molecule has 3 rings (SSSR count). The van der Waals surface area contributed by atoms with Crippen molar-refractivity contribution in [1.29, 1.82) is 0 Å². The minimum atomic E-state index is 0.0405. The molecular formula is C18H24N4OS. The van der Waals surface area contributed by atoms with Crippen molar-refractivity contribution in [3.05, 3.63) is 47.5 Å². The average Bonchev–Trinajstić information content (AvgIpc) is 3.04. The van der Waals surface area contributed by atoms with Crippen LogP contribution in [0.25, 0.3) is 0 Å². The van der Waals surface area contributed by atoms with Gasteiger partial charge in [-0.15, -0.1) is 11.3 Å². The molecule has 0 aliphatic carbocycles. The van der Waals surface area contributed by atoms with Crippen LogP contribution in [0.15, 0.2) is 41.9 Å². The van der Waals surface area contributed by atoms with Gasteiger partial charge < -0.3 is 15.1 Å². The molecule has 1 saturated heterocycles. The predicted molar refractivity (Wildman–Crippen MR) is 98.8 cm³/mol. The van der Waals surface area contributed by atoms with E-state index in [1.807, 2.05) is 34.7 Å². The van der Waals surface area contributed by atoms with Gasteiger partial charge in [0.15, 0.2) is 5.13 Å². The van der Waals surface area contributed by atoms with Gasteiger partial charge in [-0.05, 0) is 17.9 Å². The number of aromatic nitrogens is 1. The van der Waals surface area contributed by atoms with Crippen LogP contribution in [0.3, 0.4) is 0 Å². The molecule has 0 spiro atoms. The number of carbonyl (C=O) groups excluding carboxylic acids is 1. The van der Waals surface area contributed by atoms with Crippen LogP contribution in [0.1, 0.15) is 24.8 Å². The summed E-state index contributed by atoms with van der Waals surface area (Å²) in [5.41, 5.74) is 1.25. The highest BCUT2D eigenvalue weighted by Gasteiger charge is 2.20. The molecule has 0 bridgehead atoms. The first-order chi connectivity index (χ1) is 11.7. The topological polar surface area (TPSA) is 48.5 Å². The SMILES string of the molecule is CC(CNC(=O)N1CCCN(c2nccs2)CC1)c1ccccc1. The molecule has 1 aliphatic heterocycles. The summed E-state index contributed by atoms with van der Waals surface area (Å²) in [6.07, 6.45) is 2.81. The first kappa shape index (κ1) is 16.8. The number of rotatable bonds is 4. The number of urea groups is 1. The number of nitrogens with one attached hydrogen (secondary N) is 1. The summed E-state index contributed by atoms with van der Waals surface area (Å²) in [5.74, 6) is 0.314. The van der Waals surface area contributed by atoms with E-state index in [4.69, 9.17) is 0 Å². The van der Waals surface area contributed by atoms with Gasteiger partial charge in [-0.3, -0.25) is 0 Å². The first-order valence-corrected chi connectivity index (χ1v) is 9.34. The molecule has 1 aromatic carbocycles. The highest BCUT2D eigenvalue weighted by molar-refractivity contribution is 7.13. The first-order valence-electron chi connectivity index (χ1n) is 8.46. The van der Waals surface area contributed by atoms with Gasteiger partial charge in [0.05, 0.1) is 0 Å². The van der Waals surface area contributed by atoms with E-state index in [1.165, 1.54) is 5.56 Å². The van der Waals surface area contributed by atoms with Gasteiger partial charge in [-0.2, -0.15) is 0 Å². The molecule has 1 atom stereocenters.